The van der Waals surface area contributed by atoms with E-state index in [0.717, 1.165) is 23.0 Å². The molecule has 1 fully saturated rings. The van der Waals surface area contributed by atoms with Gasteiger partial charge in [0.25, 0.3) is 0 Å². The first kappa shape index (κ1) is 16.3. The summed E-state index contributed by atoms with van der Waals surface area (Å²) in [5, 5.41) is 19.0. The normalized spacial score (nSPS) is 15.7. The third kappa shape index (κ3) is 3.86. The monoisotopic (exact) mass is 329 g/mol. The maximum absolute atomic E-state index is 14.0. The van der Waals surface area contributed by atoms with Crippen LogP contribution in [0.5, 0.6) is 0 Å². The van der Waals surface area contributed by atoms with Crippen LogP contribution in [0.1, 0.15) is 44.1 Å². The van der Waals surface area contributed by atoms with Crippen molar-refractivity contribution in [3.05, 3.63) is 47.3 Å². The molecule has 2 aromatic heterocycles. The SMILES string of the molecule is C/C(=C\C=C(/C)c1ncc(F)c(Nc2cc(C3CC3)[nH]n2)n1)CO. The number of nitrogens with zero attached hydrogens (tertiary/aromatic N) is 3. The van der Waals surface area contributed by atoms with E-state index in [9.17, 15) is 4.39 Å². The molecule has 24 heavy (non-hydrogen) atoms. The molecule has 2 heterocycles. The second-order valence-electron chi connectivity index (χ2n) is 6.02. The second kappa shape index (κ2) is 6.92. The van der Waals surface area contributed by atoms with Gasteiger partial charge in [0.1, 0.15) is 0 Å². The van der Waals surface area contributed by atoms with E-state index in [0.29, 0.717) is 17.6 Å². The summed E-state index contributed by atoms with van der Waals surface area (Å²) in [4.78, 5) is 8.24. The number of aliphatic hydroxyl groups excluding tert-OH is 1. The number of halogens is 1. The van der Waals surface area contributed by atoms with Crippen molar-refractivity contribution in [1.29, 1.82) is 0 Å². The average molecular weight is 329 g/mol. The molecule has 0 saturated heterocycles. The van der Waals surface area contributed by atoms with Crippen LogP contribution in [0.4, 0.5) is 16.0 Å². The molecule has 3 N–H and O–H groups in total. The maximum Gasteiger partial charge on any atom is 0.184 e. The van der Waals surface area contributed by atoms with Gasteiger partial charge in [-0.25, -0.2) is 14.4 Å². The standard InChI is InChI=1S/C17H20FN5O/c1-10(9-24)3-4-11(2)16-19-8-13(18)17(21-16)20-15-7-14(22-23-15)12-5-6-12/h3-4,7-8,12,24H,5-6,9H2,1-2H3,(H2,19,20,21,22,23)/b10-3+,11-4+. The fourth-order valence-electron chi connectivity index (χ4n) is 2.16. The van der Waals surface area contributed by atoms with Gasteiger partial charge in [0.15, 0.2) is 23.3 Å². The van der Waals surface area contributed by atoms with Crippen LogP contribution in [-0.4, -0.2) is 31.9 Å². The zero-order valence-electron chi connectivity index (χ0n) is 13.7. The molecule has 0 spiro atoms. The third-order valence-electron chi connectivity index (χ3n) is 3.83. The number of nitrogens with one attached hydrogen (secondary N) is 2. The highest BCUT2D eigenvalue weighted by molar-refractivity contribution is 5.62. The van der Waals surface area contributed by atoms with E-state index < -0.39 is 5.82 Å². The highest BCUT2D eigenvalue weighted by atomic mass is 19.1. The van der Waals surface area contributed by atoms with Crippen molar-refractivity contribution in [3.8, 4) is 0 Å². The smallest absolute Gasteiger partial charge is 0.184 e. The molecule has 1 saturated carbocycles. The Kier molecular flexibility index (Phi) is 4.71. The van der Waals surface area contributed by atoms with Crippen molar-refractivity contribution in [3.63, 3.8) is 0 Å². The maximum atomic E-state index is 14.0. The molecule has 0 amide bonds. The molecule has 6 nitrogen and oxygen atoms in total. The first-order valence-corrected chi connectivity index (χ1v) is 7.87. The van der Waals surface area contributed by atoms with Crippen molar-refractivity contribution in [1.82, 2.24) is 20.2 Å². The zero-order chi connectivity index (χ0) is 17.1. The molecule has 0 unspecified atom stereocenters. The van der Waals surface area contributed by atoms with Crippen LogP contribution in [0, 0.1) is 5.82 Å². The highest BCUT2D eigenvalue weighted by Gasteiger charge is 2.25. The van der Waals surface area contributed by atoms with E-state index in [1.807, 2.05) is 19.9 Å². The summed E-state index contributed by atoms with van der Waals surface area (Å²) >= 11 is 0. The molecule has 1 aliphatic rings. The first-order chi connectivity index (χ1) is 11.6. The largest absolute Gasteiger partial charge is 0.392 e. The minimum Gasteiger partial charge on any atom is -0.392 e. The highest BCUT2D eigenvalue weighted by Crippen LogP contribution is 2.39. The predicted molar refractivity (Wildman–Crippen MR) is 90.3 cm³/mol. The van der Waals surface area contributed by atoms with Crippen LogP contribution in [0.15, 0.2) is 30.0 Å². The Morgan fingerprint density at radius 2 is 2.21 bits per heavy atom. The summed E-state index contributed by atoms with van der Waals surface area (Å²) in [6, 6.07) is 1.88. The van der Waals surface area contributed by atoms with Crippen molar-refractivity contribution >= 4 is 17.2 Å². The van der Waals surface area contributed by atoms with Gasteiger partial charge >= 0.3 is 0 Å². The van der Waals surface area contributed by atoms with Gasteiger partial charge in [-0.15, -0.1) is 0 Å². The van der Waals surface area contributed by atoms with Crippen molar-refractivity contribution in [2.24, 2.45) is 0 Å². The van der Waals surface area contributed by atoms with Gasteiger partial charge in [-0.05, 0) is 37.8 Å². The lowest BCUT2D eigenvalue weighted by molar-refractivity contribution is 0.331. The summed E-state index contributed by atoms with van der Waals surface area (Å²) in [7, 11) is 0. The molecule has 1 aliphatic carbocycles. The van der Waals surface area contributed by atoms with Gasteiger partial charge < -0.3 is 10.4 Å². The van der Waals surface area contributed by atoms with Gasteiger partial charge in [-0.1, -0.05) is 12.2 Å². The number of anilines is 2. The molecule has 2 aromatic rings. The third-order valence-corrected chi connectivity index (χ3v) is 3.83. The van der Waals surface area contributed by atoms with Gasteiger partial charge in [-0.3, -0.25) is 5.10 Å². The Balaban J connectivity index is 1.80. The number of H-pyrrole nitrogens is 1. The molecule has 0 aromatic carbocycles. The second-order valence-corrected chi connectivity index (χ2v) is 6.02. The lowest BCUT2D eigenvalue weighted by atomic mass is 10.2. The minimum absolute atomic E-state index is 0.0106. The van der Waals surface area contributed by atoms with E-state index in [1.165, 1.54) is 12.8 Å². The van der Waals surface area contributed by atoms with Crippen LogP contribution in [-0.2, 0) is 0 Å². The van der Waals surface area contributed by atoms with E-state index in [1.54, 1.807) is 12.2 Å². The minimum atomic E-state index is -0.537. The summed E-state index contributed by atoms with van der Waals surface area (Å²) in [5.74, 6) is 1.05. The quantitative estimate of drug-likeness (QED) is 0.708. The van der Waals surface area contributed by atoms with Crippen molar-refractivity contribution in [2.75, 3.05) is 11.9 Å². The number of aliphatic hydroxyl groups is 1. The summed E-state index contributed by atoms with van der Waals surface area (Å²) in [6.45, 7) is 3.64. The molecular formula is C17H20FN5O. The van der Waals surface area contributed by atoms with Crippen molar-refractivity contribution < 1.29 is 9.50 Å². The van der Waals surface area contributed by atoms with Gasteiger partial charge in [-0.2, -0.15) is 5.10 Å². The van der Waals surface area contributed by atoms with Crippen LogP contribution >= 0.6 is 0 Å². The van der Waals surface area contributed by atoms with Crippen LogP contribution in [0.25, 0.3) is 5.57 Å². The number of allylic oxidation sites excluding steroid dienone is 3. The summed E-state index contributed by atoms with van der Waals surface area (Å²) in [6.07, 6.45) is 7.04. The summed E-state index contributed by atoms with van der Waals surface area (Å²) in [5.41, 5.74) is 2.65. The number of aromatic nitrogens is 4. The Morgan fingerprint density at radius 1 is 1.42 bits per heavy atom. The van der Waals surface area contributed by atoms with E-state index in [4.69, 9.17) is 5.11 Å². The number of aromatic amines is 1. The van der Waals surface area contributed by atoms with E-state index in [-0.39, 0.29) is 12.4 Å². The van der Waals surface area contributed by atoms with E-state index >= 15 is 0 Å². The van der Waals surface area contributed by atoms with Gasteiger partial charge in [0.2, 0.25) is 0 Å². The van der Waals surface area contributed by atoms with Crippen molar-refractivity contribution in [2.45, 2.75) is 32.6 Å². The predicted octanol–water partition coefficient (Wildman–Crippen LogP) is 3.30. The molecule has 0 radical (unpaired) electrons. The Hall–Kier alpha value is -2.54. The Morgan fingerprint density at radius 3 is 2.92 bits per heavy atom. The molecule has 126 valence electrons. The van der Waals surface area contributed by atoms with Crippen LogP contribution < -0.4 is 5.32 Å². The molecule has 3 rings (SSSR count). The molecule has 7 heteroatoms. The Bertz CT molecular complexity index is 792. The summed E-state index contributed by atoms with van der Waals surface area (Å²) < 4.78 is 14.0. The lowest BCUT2D eigenvalue weighted by Crippen LogP contribution is -2.02. The number of hydrogen-bond donors (Lipinski definition) is 3. The lowest BCUT2D eigenvalue weighted by Gasteiger charge is -2.06. The van der Waals surface area contributed by atoms with Gasteiger partial charge in [0, 0.05) is 17.7 Å². The number of hydrogen-bond acceptors (Lipinski definition) is 5. The molecule has 0 atom stereocenters. The molecular weight excluding hydrogens is 309 g/mol. The fraction of sp³-hybridized carbons (Fsp3) is 0.353. The van der Waals surface area contributed by atoms with Crippen LogP contribution in [0.2, 0.25) is 0 Å². The Labute approximate surface area is 139 Å². The first-order valence-electron chi connectivity index (χ1n) is 7.87. The zero-order valence-corrected chi connectivity index (χ0v) is 13.7. The topological polar surface area (TPSA) is 86.7 Å². The average Bonchev–Trinajstić information content (AvgIpc) is 3.34. The fourth-order valence-corrected chi connectivity index (χ4v) is 2.16. The van der Waals surface area contributed by atoms with Gasteiger partial charge in [0.05, 0.1) is 12.8 Å². The number of rotatable bonds is 6. The molecule has 0 aliphatic heterocycles. The molecule has 0 bridgehead atoms. The van der Waals surface area contributed by atoms with E-state index in [2.05, 4.69) is 25.5 Å². The van der Waals surface area contributed by atoms with Crippen LogP contribution in [0.3, 0.4) is 0 Å².